The zero-order valence-corrected chi connectivity index (χ0v) is 12.6. The Labute approximate surface area is 121 Å². The molecule has 1 aromatic rings. The molecule has 0 aliphatic heterocycles. The predicted octanol–water partition coefficient (Wildman–Crippen LogP) is 2.34. The molecule has 2 N–H and O–H groups in total. The van der Waals surface area contributed by atoms with Crippen molar-refractivity contribution in [3.8, 4) is 0 Å². The average Bonchev–Trinajstić information content (AvgIpc) is 2.43. The van der Waals surface area contributed by atoms with Crippen molar-refractivity contribution in [3.63, 3.8) is 0 Å². The highest BCUT2D eigenvalue weighted by Gasteiger charge is 2.09. The average molecular weight is 278 g/mol. The van der Waals surface area contributed by atoms with Gasteiger partial charge < -0.3 is 15.3 Å². The van der Waals surface area contributed by atoms with E-state index in [4.69, 9.17) is 5.11 Å². The van der Waals surface area contributed by atoms with Crippen LogP contribution in [-0.2, 0) is 6.42 Å². The van der Waals surface area contributed by atoms with Crippen molar-refractivity contribution in [1.29, 1.82) is 0 Å². The molecule has 0 bridgehead atoms. The van der Waals surface area contributed by atoms with Gasteiger partial charge in [0.25, 0.3) is 0 Å². The molecule has 4 nitrogen and oxygen atoms in total. The second-order valence-corrected chi connectivity index (χ2v) is 4.98. The lowest BCUT2D eigenvalue weighted by atomic mass is 10.1. The molecule has 0 aliphatic carbocycles. The molecule has 4 heteroatoms. The number of urea groups is 1. The van der Waals surface area contributed by atoms with Gasteiger partial charge in [-0.2, -0.15) is 0 Å². The largest absolute Gasteiger partial charge is 0.396 e. The summed E-state index contributed by atoms with van der Waals surface area (Å²) >= 11 is 0. The summed E-state index contributed by atoms with van der Waals surface area (Å²) in [6.45, 7) is 6.28. The van der Waals surface area contributed by atoms with E-state index in [1.54, 1.807) is 4.90 Å². The van der Waals surface area contributed by atoms with Crippen LogP contribution in [0.5, 0.6) is 0 Å². The third-order valence-electron chi connectivity index (χ3n) is 3.28. The number of carbonyl (C=O) groups excluding carboxylic acids is 1. The Bertz CT molecular complexity index is 407. The fourth-order valence-electron chi connectivity index (χ4n) is 2.11. The Morgan fingerprint density at radius 1 is 1.35 bits per heavy atom. The highest BCUT2D eigenvalue weighted by Crippen LogP contribution is 2.04. The van der Waals surface area contributed by atoms with E-state index in [2.05, 4.69) is 30.4 Å². The maximum atomic E-state index is 12.0. The van der Waals surface area contributed by atoms with Crippen molar-refractivity contribution in [2.75, 3.05) is 26.2 Å². The fourth-order valence-corrected chi connectivity index (χ4v) is 2.11. The molecule has 0 unspecified atom stereocenters. The van der Waals surface area contributed by atoms with Crippen molar-refractivity contribution in [3.05, 3.63) is 35.4 Å². The fraction of sp³-hybridized carbons (Fsp3) is 0.562. The number of aryl methyl sites for hydroxylation is 1. The molecule has 1 rings (SSSR count). The number of hydrogen-bond acceptors (Lipinski definition) is 2. The number of aliphatic hydroxyl groups is 1. The van der Waals surface area contributed by atoms with Crippen LogP contribution < -0.4 is 5.32 Å². The summed E-state index contributed by atoms with van der Waals surface area (Å²) in [6, 6.07) is 8.32. The Balaban J connectivity index is 2.30. The standard InChI is InChI=1S/C16H26N2O2/c1-3-18(11-4-5-12-19)16(20)17-10-9-15-8-6-7-14(2)13-15/h6-8,13,19H,3-5,9-12H2,1-2H3,(H,17,20). The topological polar surface area (TPSA) is 52.6 Å². The summed E-state index contributed by atoms with van der Waals surface area (Å²) in [7, 11) is 0. The Hall–Kier alpha value is -1.55. The summed E-state index contributed by atoms with van der Waals surface area (Å²) in [6.07, 6.45) is 2.43. The smallest absolute Gasteiger partial charge is 0.317 e. The molecule has 0 saturated heterocycles. The van der Waals surface area contributed by atoms with Gasteiger partial charge in [-0.05, 0) is 38.7 Å². The van der Waals surface area contributed by atoms with Crippen LogP contribution in [0.4, 0.5) is 4.79 Å². The van der Waals surface area contributed by atoms with Crippen LogP contribution in [-0.4, -0.2) is 42.3 Å². The number of unbranched alkanes of at least 4 members (excludes halogenated alkanes) is 1. The van der Waals surface area contributed by atoms with Gasteiger partial charge in [-0.15, -0.1) is 0 Å². The number of amides is 2. The summed E-state index contributed by atoms with van der Waals surface area (Å²) in [4.78, 5) is 13.8. The summed E-state index contributed by atoms with van der Waals surface area (Å²) < 4.78 is 0. The normalized spacial score (nSPS) is 10.3. The first kappa shape index (κ1) is 16.5. The molecular formula is C16H26N2O2. The Morgan fingerprint density at radius 2 is 2.15 bits per heavy atom. The number of carbonyl (C=O) groups is 1. The van der Waals surface area contributed by atoms with E-state index in [0.717, 1.165) is 19.3 Å². The number of nitrogens with one attached hydrogen (secondary N) is 1. The SMILES string of the molecule is CCN(CCCCO)C(=O)NCCc1cccc(C)c1. The number of benzene rings is 1. The molecule has 20 heavy (non-hydrogen) atoms. The highest BCUT2D eigenvalue weighted by atomic mass is 16.3. The molecule has 0 atom stereocenters. The number of rotatable bonds is 8. The van der Waals surface area contributed by atoms with Crippen molar-refractivity contribution < 1.29 is 9.90 Å². The molecule has 0 fully saturated rings. The van der Waals surface area contributed by atoms with Crippen LogP contribution >= 0.6 is 0 Å². The van der Waals surface area contributed by atoms with Gasteiger partial charge in [-0.3, -0.25) is 0 Å². The van der Waals surface area contributed by atoms with Gasteiger partial charge in [0, 0.05) is 26.2 Å². The Kier molecular flexibility index (Phi) is 7.73. The number of hydrogen-bond donors (Lipinski definition) is 2. The van der Waals surface area contributed by atoms with E-state index in [1.165, 1.54) is 11.1 Å². The first-order chi connectivity index (χ1) is 9.67. The molecule has 0 spiro atoms. The molecule has 0 saturated carbocycles. The minimum atomic E-state index is -0.0157. The first-order valence-corrected chi connectivity index (χ1v) is 7.36. The van der Waals surface area contributed by atoms with Gasteiger partial charge in [0.05, 0.1) is 0 Å². The second-order valence-electron chi connectivity index (χ2n) is 4.98. The maximum absolute atomic E-state index is 12.0. The van der Waals surface area contributed by atoms with Gasteiger partial charge in [0.15, 0.2) is 0 Å². The zero-order chi connectivity index (χ0) is 14.8. The third-order valence-corrected chi connectivity index (χ3v) is 3.28. The number of nitrogens with zero attached hydrogens (tertiary/aromatic N) is 1. The lowest BCUT2D eigenvalue weighted by Gasteiger charge is -2.21. The van der Waals surface area contributed by atoms with E-state index < -0.39 is 0 Å². The first-order valence-electron chi connectivity index (χ1n) is 7.36. The maximum Gasteiger partial charge on any atom is 0.317 e. The quantitative estimate of drug-likeness (QED) is 0.717. The van der Waals surface area contributed by atoms with Crippen LogP contribution in [0.3, 0.4) is 0 Å². The van der Waals surface area contributed by atoms with Crippen LogP contribution in [0.1, 0.15) is 30.9 Å². The van der Waals surface area contributed by atoms with Gasteiger partial charge in [0.1, 0.15) is 0 Å². The predicted molar refractivity (Wildman–Crippen MR) is 81.8 cm³/mol. The van der Waals surface area contributed by atoms with Crippen LogP contribution in [0.25, 0.3) is 0 Å². The molecule has 1 aromatic carbocycles. The van der Waals surface area contributed by atoms with Crippen LogP contribution in [0, 0.1) is 6.92 Å². The lowest BCUT2D eigenvalue weighted by Crippen LogP contribution is -2.41. The van der Waals surface area contributed by atoms with Crippen molar-refractivity contribution >= 4 is 6.03 Å². The molecule has 112 valence electrons. The van der Waals surface area contributed by atoms with E-state index in [0.29, 0.717) is 19.6 Å². The molecule has 0 heterocycles. The van der Waals surface area contributed by atoms with Crippen molar-refractivity contribution in [2.45, 2.75) is 33.1 Å². The third kappa shape index (κ3) is 6.06. The van der Waals surface area contributed by atoms with E-state index in [-0.39, 0.29) is 12.6 Å². The minimum absolute atomic E-state index is 0.0157. The molecule has 0 aromatic heterocycles. The van der Waals surface area contributed by atoms with Gasteiger partial charge in [0.2, 0.25) is 0 Å². The molecule has 0 radical (unpaired) electrons. The molecule has 0 aliphatic rings. The highest BCUT2D eigenvalue weighted by molar-refractivity contribution is 5.74. The van der Waals surface area contributed by atoms with E-state index in [1.807, 2.05) is 13.0 Å². The van der Waals surface area contributed by atoms with E-state index >= 15 is 0 Å². The van der Waals surface area contributed by atoms with Crippen LogP contribution in [0.15, 0.2) is 24.3 Å². The summed E-state index contributed by atoms with van der Waals surface area (Å²) in [5.74, 6) is 0. The Morgan fingerprint density at radius 3 is 2.80 bits per heavy atom. The second kappa shape index (κ2) is 9.37. The lowest BCUT2D eigenvalue weighted by molar-refractivity contribution is 0.196. The number of aliphatic hydroxyl groups excluding tert-OH is 1. The van der Waals surface area contributed by atoms with Crippen molar-refractivity contribution in [2.24, 2.45) is 0 Å². The molecule has 2 amide bonds. The van der Waals surface area contributed by atoms with E-state index in [9.17, 15) is 4.79 Å². The van der Waals surface area contributed by atoms with Gasteiger partial charge in [-0.25, -0.2) is 4.79 Å². The zero-order valence-electron chi connectivity index (χ0n) is 12.6. The summed E-state index contributed by atoms with van der Waals surface area (Å²) in [5, 5.41) is 11.7. The monoisotopic (exact) mass is 278 g/mol. The van der Waals surface area contributed by atoms with Gasteiger partial charge >= 0.3 is 6.03 Å². The summed E-state index contributed by atoms with van der Waals surface area (Å²) in [5.41, 5.74) is 2.49. The minimum Gasteiger partial charge on any atom is -0.396 e. The van der Waals surface area contributed by atoms with Gasteiger partial charge in [-0.1, -0.05) is 29.8 Å². The molecular weight excluding hydrogens is 252 g/mol. The van der Waals surface area contributed by atoms with Crippen LogP contribution in [0.2, 0.25) is 0 Å². The van der Waals surface area contributed by atoms with Crippen molar-refractivity contribution in [1.82, 2.24) is 10.2 Å².